The highest BCUT2D eigenvalue weighted by Gasteiger charge is 2.07. The monoisotopic (exact) mass is 210 g/mol. The number of nitrogens with zero attached hydrogens (tertiary/aromatic N) is 2. The van der Waals surface area contributed by atoms with Crippen molar-refractivity contribution < 1.29 is 0 Å². The minimum atomic E-state index is 0.161. The molecule has 1 aromatic rings. The summed E-state index contributed by atoms with van der Waals surface area (Å²) in [5.41, 5.74) is 0.896. The van der Waals surface area contributed by atoms with Crippen molar-refractivity contribution in [2.24, 2.45) is 0 Å². The van der Waals surface area contributed by atoms with Gasteiger partial charge >= 0.3 is 0 Å². The van der Waals surface area contributed by atoms with Gasteiger partial charge in [-0.05, 0) is 17.7 Å². The molecular formula is C9H4Cl2N2. The zero-order valence-corrected chi connectivity index (χ0v) is 8.02. The number of rotatable bonds is 1. The van der Waals surface area contributed by atoms with E-state index >= 15 is 0 Å². The predicted molar refractivity (Wildman–Crippen MR) is 50.5 cm³/mol. The second kappa shape index (κ2) is 4.14. The first kappa shape index (κ1) is 9.86. The zero-order chi connectivity index (χ0) is 9.84. The van der Waals surface area contributed by atoms with Crippen molar-refractivity contribution >= 4 is 23.2 Å². The van der Waals surface area contributed by atoms with Crippen molar-refractivity contribution in [1.29, 1.82) is 10.5 Å². The first-order valence-electron chi connectivity index (χ1n) is 3.44. The molecular weight excluding hydrogens is 207 g/mol. The molecule has 0 aliphatic carbocycles. The molecule has 2 nitrogen and oxygen atoms in total. The van der Waals surface area contributed by atoms with Crippen LogP contribution in [0.1, 0.15) is 11.1 Å². The Bertz CT molecular complexity index is 413. The molecule has 0 atom stereocenters. The fourth-order valence-electron chi connectivity index (χ4n) is 0.941. The molecule has 0 bridgehead atoms. The molecule has 0 saturated heterocycles. The van der Waals surface area contributed by atoms with E-state index in [-0.39, 0.29) is 6.42 Å². The van der Waals surface area contributed by atoms with Gasteiger partial charge in [0.1, 0.15) is 6.07 Å². The molecule has 0 heterocycles. The lowest BCUT2D eigenvalue weighted by molar-refractivity contribution is 1.26. The van der Waals surface area contributed by atoms with Gasteiger partial charge in [0.15, 0.2) is 0 Å². The van der Waals surface area contributed by atoms with Gasteiger partial charge in [-0.2, -0.15) is 10.5 Å². The molecule has 1 rings (SSSR count). The number of halogens is 2. The van der Waals surface area contributed by atoms with Crippen LogP contribution in [0.5, 0.6) is 0 Å². The molecule has 1 aromatic carbocycles. The van der Waals surface area contributed by atoms with E-state index in [0.717, 1.165) is 0 Å². The van der Waals surface area contributed by atoms with Crippen molar-refractivity contribution in [3.63, 3.8) is 0 Å². The highest BCUT2D eigenvalue weighted by atomic mass is 35.5. The number of nitriles is 2. The summed E-state index contributed by atoms with van der Waals surface area (Å²) in [4.78, 5) is 0. The molecule has 0 unspecified atom stereocenters. The van der Waals surface area contributed by atoms with Crippen LogP contribution in [0, 0.1) is 22.7 Å². The Labute approximate surface area is 85.9 Å². The van der Waals surface area contributed by atoms with Crippen molar-refractivity contribution in [1.82, 2.24) is 0 Å². The van der Waals surface area contributed by atoms with Gasteiger partial charge in [0.05, 0.1) is 23.1 Å². The molecule has 0 aliphatic rings. The van der Waals surface area contributed by atoms with Crippen LogP contribution in [-0.4, -0.2) is 0 Å². The fraction of sp³-hybridized carbons (Fsp3) is 0.111. The van der Waals surface area contributed by atoms with Gasteiger partial charge in [-0.15, -0.1) is 0 Å². The zero-order valence-electron chi connectivity index (χ0n) is 6.51. The Kier molecular flexibility index (Phi) is 3.14. The SMILES string of the molecule is N#CCc1cc(Cl)cc(C#N)c1Cl. The van der Waals surface area contributed by atoms with Gasteiger partial charge in [-0.3, -0.25) is 0 Å². The van der Waals surface area contributed by atoms with Crippen LogP contribution in [0.3, 0.4) is 0 Å². The van der Waals surface area contributed by atoms with Crippen molar-refractivity contribution in [3.05, 3.63) is 33.3 Å². The molecule has 64 valence electrons. The second-order valence-electron chi connectivity index (χ2n) is 2.37. The van der Waals surface area contributed by atoms with E-state index in [9.17, 15) is 0 Å². The third-order valence-corrected chi connectivity index (χ3v) is 2.17. The molecule has 0 N–H and O–H groups in total. The lowest BCUT2D eigenvalue weighted by atomic mass is 10.1. The van der Waals surface area contributed by atoms with E-state index in [0.29, 0.717) is 21.2 Å². The average molecular weight is 211 g/mol. The summed E-state index contributed by atoms with van der Waals surface area (Å²) >= 11 is 11.5. The Morgan fingerprint density at radius 3 is 2.46 bits per heavy atom. The Balaban J connectivity index is 3.31. The third kappa shape index (κ3) is 2.12. The molecule has 0 aromatic heterocycles. The number of benzene rings is 1. The van der Waals surface area contributed by atoms with Crippen LogP contribution >= 0.6 is 23.2 Å². The summed E-state index contributed by atoms with van der Waals surface area (Å²) in [5, 5.41) is 17.9. The first-order valence-corrected chi connectivity index (χ1v) is 4.19. The van der Waals surface area contributed by atoms with Gasteiger partial charge in [0, 0.05) is 5.02 Å². The van der Waals surface area contributed by atoms with Crippen molar-refractivity contribution in [3.8, 4) is 12.1 Å². The maximum Gasteiger partial charge on any atom is 0.101 e. The highest BCUT2D eigenvalue weighted by Crippen LogP contribution is 2.25. The van der Waals surface area contributed by atoms with Gasteiger partial charge in [0.2, 0.25) is 0 Å². The lowest BCUT2D eigenvalue weighted by Gasteiger charge is -2.01. The van der Waals surface area contributed by atoms with E-state index in [1.807, 2.05) is 12.1 Å². The molecule has 13 heavy (non-hydrogen) atoms. The topological polar surface area (TPSA) is 47.6 Å². The molecule has 0 fully saturated rings. The predicted octanol–water partition coefficient (Wildman–Crippen LogP) is 2.93. The van der Waals surface area contributed by atoms with Crippen molar-refractivity contribution in [2.75, 3.05) is 0 Å². The van der Waals surface area contributed by atoms with Crippen LogP contribution in [0.4, 0.5) is 0 Å². The lowest BCUT2D eigenvalue weighted by Crippen LogP contribution is -1.87. The van der Waals surface area contributed by atoms with Gasteiger partial charge in [0.25, 0.3) is 0 Å². The molecule has 4 heteroatoms. The Hall–Kier alpha value is -1.22. The summed E-state index contributed by atoms with van der Waals surface area (Å²) in [6, 6.07) is 6.93. The van der Waals surface area contributed by atoms with E-state index in [1.165, 1.54) is 6.07 Å². The number of hydrogen-bond donors (Lipinski definition) is 0. The molecule has 0 radical (unpaired) electrons. The second-order valence-corrected chi connectivity index (χ2v) is 3.19. The highest BCUT2D eigenvalue weighted by molar-refractivity contribution is 6.34. The number of hydrogen-bond acceptors (Lipinski definition) is 2. The van der Waals surface area contributed by atoms with Gasteiger partial charge in [-0.25, -0.2) is 0 Å². The maximum absolute atomic E-state index is 8.66. The molecule has 0 amide bonds. The summed E-state index contributed by atoms with van der Waals surface area (Å²) < 4.78 is 0. The summed E-state index contributed by atoms with van der Waals surface area (Å²) in [6.07, 6.45) is 0.161. The van der Waals surface area contributed by atoms with Gasteiger partial charge < -0.3 is 0 Å². The van der Waals surface area contributed by atoms with E-state index < -0.39 is 0 Å². The standard InChI is InChI=1S/C9H4Cl2N2/c10-8-3-6(1-2-12)9(11)7(4-8)5-13/h3-4H,1H2. The molecule has 0 aliphatic heterocycles. The fourth-order valence-corrected chi connectivity index (χ4v) is 1.40. The first-order chi connectivity index (χ1) is 6.19. The van der Waals surface area contributed by atoms with E-state index in [1.54, 1.807) is 6.07 Å². The Morgan fingerprint density at radius 2 is 1.92 bits per heavy atom. The van der Waals surface area contributed by atoms with Gasteiger partial charge in [-0.1, -0.05) is 23.2 Å². The van der Waals surface area contributed by atoms with E-state index in [2.05, 4.69) is 0 Å². The minimum absolute atomic E-state index is 0.161. The molecule has 0 saturated carbocycles. The van der Waals surface area contributed by atoms with Crippen LogP contribution in [0.25, 0.3) is 0 Å². The smallest absolute Gasteiger partial charge is 0.101 e. The summed E-state index contributed by atoms with van der Waals surface area (Å²) in [7, 11) is 0. The van der Waals surface area contributed by atoms with Crippen LogP contribution < -0.4 is 0 Å². The largest absolute Gasteiger partial charge is 0.198 e. The quantitative estimate of drug-likeness (QED) is 0.716. The minimum Gasteiger partial charge on any atom is -0.198 e. The van der Waals surface area contributed by atoms with Crippen LogP contribution in [0.15, 0.2) is 12.1 Å². The molecule has 0 spiro atoms. The van der Waals surface area contributed by atoms with Crippen molar-refractivity contribution in [2.45, 2.75) is 6.42 Å². The third-order valence-electron chi connectivity index (χ3n) is 1.50. The normalized spacial score (nSPS) is 8.92. The Morgan fingerprint density at radius 1 is 1.23 bits per heavy atom. The average Bonchev–Trinajstić information content (AvgIpc) is 2.11. The summed E-state index contributed by atoms with van der Waals surface area (Å²) in [6.45, 7) is 0. The van der Waals surface area contributed by atoms with Crippen LogP contribution in [0.2, 0.25) is 10.0 Å². The van der Waals surface area contributed by atoms with E-state index in [4.69, 9.17) is 33.7 Å². The van der Waals surface area contributed by atoms with Crippen LogP contribution in [-0.2, 0) is 6.42 Å². The maximum atomic E-state index is 8.66. The summed E-state index contributed by atoms with van der Waals surface area (Å²) in [5.74, 6) is 0.